The van der Waals surface area contributed by atoms with Crippen LogP contribution in [0.5, 0.6) is 0 Å². The van der Waals surface area contributed by atoms with Crippen molar-refractivity contribution < 1.29 is 9.53 Å². The average Bonchev–Trinajstić information content (AvgIpc) is 2.08. The van der Waals surface area contributed by atoms with Crippen molar-refractivity contribution in [3.8, 4) is 0 Å². The van der Waals surface area contributed by atoms with Gasteiger partial charge in [0.25, 0.3) is 0 Å². The molecule has 1 amide bonds. The van der Waals surface area contributed by atoms with E-state index < -0.39 is 5.60 Å². The van der Waals surface area contributed by atoms with Crippen LogP contribution in [0.25, 0.3) is 0 Å². The summed E-state index contributed by atoms with van der Waals surface area (Å²) in [4.78, 5) is 11.8. The maximum atomic E-state index is 11.8. The summed E-state index contributed by atoms with van der Waals surface area (Å²) in [6, 6.07) is 0.00218. The van der Waals surface area contributed by atoms with Gasteiger partial charge in [-0.05, 0) is 38.6 Å². The molecular weight excluding hydrogens is 216 g/mol. The molecule has 4 heteroatoms. The Labute approximate surface area is 105 Å². The molecule has 0 radical (unpaired) electrons. The molecule has 0 heterocycles. The standard InChI is InChI=1S/C13H28N2O2/c1-9(8-14)10(12(2,3)4)15-11(16)17-13(5,6)7/h9-10H,8,14H2,1-7H3,(H,15,16). The summed E-state index contributed by atoms with van der Waals surface area (Å²) in [6.45, 7) is 14.4. The van der Waals surface area contributed by atoms with E-state index in [9.17, 15) is 4.79 Å². The Morgan fingerprint density at radius 2 is 1.71 bits per heavy atom. The van der Waals surface area contributed by atoms with Crippen molar-refractivity contribution >= 4 is 6.09 Å². The molecule has 2 unspecified atom stereocenters. The molecule has 0 spiro atoms. The molecule has 0 aliphatic carbocycles. The highest BCUT2D eigenvalue weighted by atomic mass is 16.6. The molecule has 0 saturated carbocycles. The third kappa shape index (κ3) is 6.51. The second kappa shape index (κ2) is 5.71. The number of nitrogens with two attached hydrogens (primary N) is 1. The first kappa shape index (κ1) is 16.2. The van der Waals surface area contributed by atoms with Gasteiger partial charge in [0.05, 0.1) is 0 Å². The van der Waals surface area contributed by atoms with E-state index in [1.54, 1.807) is 0 Å². The second-order valence-corrected chi connectivity index (χ2v) is 6.70. The van der Waals surface area contributed by atoms with Crippen LogP contribution >= 0.6 is 0 Å². The van der Waals surface area contributed by atoms with Gasteiger partial charge in [-0.25, -0.2) is 4.79 Å². The fourth-order valence-corrected chi connectivity index (χ4v) is 1.78. The Kier molecular flexibility index (Phi) is 5.46. The maximum Gasteiger partial charge on any atom is 0.407 e. The molecule has 0 aromatic carbocycles. The first-order valence-electron chi connectivity index (χ1n) is 6.17. The summed E-state index contributed by atoms with van der Waals surface area (Å²) in [7, 11) is 0. The van der Waals surface area contributed by atoms with Crippen molar-refractivity contribution in [3.05, 3.63) is 0 Å². The monoisotopic (exact) mass is 244 g/mol. The molecule has 0 aromatic rings. The molecule has 0 bridgehead atoms. The number of ether oxygens (including phenoxy) is 1. The van der Waals surface area contributed by atoms with Crippen LogP contribution in [0.2, 0.25) is 0 Å². The van der Waals surface area contributed by atoms with Crippen LogP contribution in [0.4, 0.5) is 4.79 Å². The van der Waals surface area contributed by atoms with Crippen LogP contribution < -0.4 is 11.1 Å². The zero-order valence-corrected chi connectivity index (χ0v) is 12.3. The largest absolute Gasteiger partial charge is 0.444 e. The number of nitrogens with one attached hydrogen (secondary N) is 1. The number of carbonyl (C=O) groups excluding carboxylic acids is 1. The molecule has 102 valence electrons. The quantitative estimate of drug-likeness (QED) is 0.801. The minimum absolute atomic E-state index is 0.00218. The molecule has 0 aliphatic heterocycles. The number of alkyl carbamates (subject to hydrolysis) is 1. The maximum absolute atomic E-state index is 11.8. The van der Waals surface area contributed by atoms with Gasteiger partial charge in [-0.15, -0.1) is 0 Å². The van der Waals surface area contributed by atoms with Gasteiger partial charge in [-0.3, -0.25) is 0 Å². The van der Waals surface area contributed by atoms with E-state index in [1.165, 1.54) is 0 Å². The number of rotatable bonds is 3. The van der Waals surface area contributed by atoms with Crippen LogP contribution in [-0.2, 0) is 4.74 Å². The fraction of sp³-hybridized carbons (Fsp3) is 0.923. The number of carbonyl (C=O) groups is 1. The number of hydrogen-bond acceptors (Lipinski definition) is 3. The predicted octanol–water partition coefficient (Wildman–Crippen LogP) is 2.52. The Balaban J connectivity index is 4.61. The molecule has 2 atom stereocenters. The Morgan fingerprint density at radius 1 is 1.24 bits per heavy atom. The van der Waals surface area contributed by atoms with Crippen LogP contribution in [0.15, 0.2) is 0 Å². The Hall–Kier alpha value is -0.770. The van der Waals surface area contributed by atoms with Crippen LogP contribution in [0.3, 0.4) is 0 Å². The number of amides is 1. The van der Waals surface area contributed by atoms with E-state index in [2.05, 4.69) is 26.1 Å². The summed E-state index contributed by atoms with van der Waals surface area (Å²) in [5.41, 5.74) is 5.16. The number of hydrogen-bond donors (Lipinski definition) is 2. The molecule has 0 saturated heterocycles. The van der Waals surface area contributed by atoms with Gasteiger partial charge in [0.2, 0.25) is 0 Å². The van der Waals surface area contributed by atoms with Gasteiger partial charge >= 0.3 is 6.09 Å². The van der Waals surface area contributed by atoms with Gasteiger partial charge < -0.3 is 15.8 Å². The second-order valence-electron chi connectivity index (χ2n) is 6.70. The summed E-state index contributed by atoms with van der Waals surface area (Å²) in [5, 5.41) is 2.92. The Bertz CT molecular complexity index is 251. The van der Waals surface area contributed by atoms with Gasteiger partial charge in [0.1, 0.15) is 5.60 Å². The minimum Gasteiger partial charge on any atom is -0.444 e. The summed E-state index contributed by atoms with van der Waals surface area (Å²) >= 11 is 0. The molecule has 4 nitrogen and oxygen atoms in total. The van der Waals surface area contributed by atoms with Crippen molar-refractivity contribution in [2.45, 2.75) is 60.1 Å². The molecule has 0 aromatic heterocycles. The summed E-state index contributed by atoms with van der Waals surface area (Å²) in [5.74, 6) is 0.211. The average molecular weight is 244 g/mol. The van der Waals surface area contributed by atoms with Crippen molar-refractivity contribution in [1.82, 2.24) is 5.32 Å². The Morgan fingerprint density at radius 3 is 2.00 bits per heavy atom. The smallest absolute Gasteiger partial charge is 0.407 e. The molecule has 0 fully saturated rings. The predicted molar refractivity (Wildman–Crippen MR) is 70.8 cm³/mol. The van der Waals surface area contributed by atoms with Crippen LogP contribution in [-0.4, -0.2) is 24.3 Å². The third-order valence-corrected chi connectivity index (χ3v) is 2.55. The molecule has 17 heavy (non-hydrogen) atoms. The summed E-state index contributed by atoms with van der Waals surface area (Å²) < 4.78 is 5.27. The highest BCUT2D eigenvalue weighted by Crippen LogP contribution is 2.25. The lowest BCUT2D eigenvalue weighted by Gasteiger charge is -2.36. The van der Waals surface area contributed by atoms with Gasteiger partial charge in [0.15, 0.2) is 0 Å². The van der Waals surface area contributed by atoms with Crippen molar-refractivity contribution in [2.75, 3.05) is 6.54 Å². The molecule has 0 rings (SSSR count). The van der Waals surface area contributed by atoms with Crippen molar-refractivity contribution in [1.29, 1.82) is 0 Å². The van der Waals surface area contributed by atoms with Crippen molar-refractivity contribution in [2.24, 2.45) is 17.1 Å². The lowest BCUT2D eigenvalue weighted by atomic mass is 9.79. The molecule has 3 N–H and O–H groups in total. The lowest BCUT2D eigenvalue weighted by Crippen LogP contribution is -2.50. The highest BCUT2D eigenvalue weighted by molar-refractivity contribution is 5.68. The van der Waals surface area contributed by atoms with E-state index in [0.29, 0.717) is 6.54 Å². The first-order chi connectivity index (χ1) is 7.47. The topological polar surface area (TPSA) is 64.3 Å². The fourth-order valence-electron chi connectivity index (χ4n) is 1.78. The van der Waals surface area contributed by atoms with E-state index in [-0.39, 0.29) is 23.5 Å². The van der Waals surface area contributed by atoms with Crippen molar-refractivity contribution in [3.63, 3.8) is 0 Å². The normalized spacial score (nSPS) is 16.2. The van der Waals surface area contributed by atoms with Gasteiger partial charge in [-0.1, -0.05) is 27.7 Å². The zero-order valence-electron chi connectivity index (χ0n) is 12.3. The third-order valence-electron chi connectivity index (χ3n) is 2.55. The highest BCUT2D eigenvalue weighted by Gasteiger charge is 2.31. The molecule has 0 aliphatic rings. The lowest BCUT2D eigenvalue weighted by molar-refractivity contribution is 0.0432. The van der Waals surface area contributed by atoms with E-state index >= 15 is 0 Å². The zero-order chi connectivity index (χ0) is 13.9. The van der Waals surface area contributed by atoms with Gasteiger partial charge in [-0.2, -0.15) is 0 Å². The minimum atomic E-state index is -0.474. The van der Waals surface area contributed by atoms with Gasteiger partial charge in [0, 0.05) is 6.04 Å². The van der Waals surface area contributed by atoms with E-state index in [0.717, 1.165) is 0 Å². The first-order valence-corrected chi connectivity index (χ1v) is 6.17. The van der Waals surface area contributed by atoms with Crippen LogP contribution in [0.1, 0.15) is 48.5 Å². The summed E-state index contributed by atoms with van der Waals surface area (Å²) in [6.07, 6.45) is -0.377. The SMILES string of the molecule is CC(CN)C(NC(=O)OC(C)(C)C)C(C)(C)C. The molecular formula is C13H28N2O2. The van der Waals surface area contributed by atoms with E-state index in [4.69, 9.17) is 10.5 Å². The van der Waals surface area contributed by atoms with E-state index in [1.807, 2.05) is 27.7 Å². The van der Waals surface area contributed by atoms with Crippen LogP contribution in [0, 0.1) is 11.3 Å².